The third-order valence-electron chi connectivity index (χ3n) is 4.32. The summed E-state index contributed by atoms with van der Waals surface area (Å²) < 4.78 is 5.26. The zero-order valence-corrected chi connectivity index (χ0v) is 12.2. The van der Waals surface area contributed by atoms with Gasteiger partial charge >= 0.3 is 0 Å². The average molecular weight is 277 g/mol. The van der Waals surface area contributed by atoms with Crippen molar-refractivity contribution in [3.63, 3.8) is 0 Å². The average Bonchev–Trinajstić information content (AvgIpc) is 2.81. The molecule has 2 unspecified atom stereocenters. The van der Waals surface area contributed by atoms with Crippen LogP contribution in [0.2, 0.25) is 0 Å². The summed E-state index contributed by atoms with van der Waals surface area (Å²) in [6, 6.07) is 7.61. The maximum atomic E-state index is 12.2. The number of methoxy groups -OCH3 is 1. The first-order valence-corrected chi connectivity index (χ1v) is 7.11. The largest absolute Gasteiger partial charge is 0.496 e. The lowest BCUT2D eigenvalue weighted by Gasteiger charge is -2.30. The first-order chi connectivity index (χ1) is 9.59. The first kappa shape index (κ1) is 14.9. The van der Waals surface area contributed by atoms with Crippen molar-refractivity contribution in [1.82, 2.24) is 5.32 Å². The lowest BCUT2D eigenvalue weighted by Crippen LogP contribution is -2.45. The van der Waals surface area contributed by atoms with Crippen LogP contribution in [0.1, 0.15) is 31.7 Å². The second-order valence-electron chi connectivity index (χ2n) is 5.81. The highest BCUT2D eigenvalue weighted by Gasteiger charge is 2.38. The normalized spacial score (nSPS) is 25.4. The van der Waals surface area contributed by atoms with Gasteiger partial charge in [0, 0.05) is 17.0 Å². The van der Waals surface area contributed by atoms with Gasteiger partial charge < -0.3 is 15.2 Å². The van der Waals surface area contributed by atoms with E-state index in [0.29, 0.717) is 6.42 Å². The fraction of sp³-hybridized carbons (Fsp3) is 0.562. The van der Waals surface area contributed by atoms with Crippen molar-refractivity contribution in [3.05, 3.63) is 29.8 Å². The lowest BCUT2D eigenvalue weighted by atomic mass is 9.85. The van der Waals surface area contributed by atoms with Crippen molar-refractivity contribution in [2.45, 2.75) is 38.6 Å². The van der Waals surface area contributed by atoms with E-state index in [2.05, 4.69) is 5.32 Å². The number of aliphatic hydroxyl groups is 1. The van der Waals surface area contributed by atoms with Gasteiger partial charge in [-0.05, 0) is 18.9 Å². The summed E-state index contributed by atoms with van der Waals surface area (Å²) in [5.41, 5.74) is 0.701. The number of aliphatic hydroxyl groups excluding tert-OH is 1. The lowest BCUT2D eigenvalue weighted by molar-refractivity contribution is -0.122. The van der Waals surface area contributed by atoms with E-state index in [0.717, 1.165) is 30.6 Å². The zero-order valence-electron chi connectivity index (χ0n) is 12.2. The molecule has 1 saturated carbocycles. The van der Waals surface area contributed by atoms with Crippen LogP contribution in [-0.4, -0.2) is 30.8 Å². The highest BCUT2D eigenvalue weighted by Crippen LogP contribution is 2.37. The van der Waals surface area contributed by atoms with Gasteiger partial charge in [-0.1, -0.05) is 31.5 Å². The van der Waals surface area contributed by atoms with Crippen molar-refractivity contribution in [1.29, 1.82) is 0 Å². The number of amides is 1. The number of ether oxygens (including phenoxy) is 1. The van der Waals surface area contributed by atoms with Gasteiger partial charge in [0.25, 0.3) is 0 Å². The number of hydrogen-bond acceptors (Lipinski definition) is 3. The molecule has 1 aromatic carbocycles. The van der Waals surface area contributed by atoms with Gasteiger partial charge in [-0.3, -0.25) is 4.79 Å². The van der Waals surface area contributed by atoms with Crippen LogP contribution < -0.4 is 10.1 Å². The van der Waals surface area contributed by atoms with Gasteiger partial charge in [0.2, 0.25) is 5.91 Å². The second kappa shape index (κ2) is 6.27. The number of nitrogens with one attached hydrogen (secondary N) is 1. The number of para-hydroxylation sites is 1. The summed E-state index contributed by atoms with van der Waals surface area (Å²) in [6.45, 7) is 2.15. The molecule has 1 aromatic rings. The maximum Gasteiger partial charge on any atom is 0.224 e. The molecule has 2 N–H and O–H groups in total. The fourth-order valence-corrected chi connectivity index (χ4v) is 2.94. The molecule has 2 rings (SSSR count). The predicted octanol–water partition coefficient (Wildman–Crippen LogP) is 1.90. The minimum atomic E-state index is -0.184. The van der Waals surface area contributed by atoms with Crippen molar-refractivity contribution in [3.8, 4) is 5.75 Å². The molecule has 4 nitrogen and oxygen atoms in total. The Morgan fingerprint density at radius 1 is 1.50 bits per heavy atom. The molecule has 4 heteroatoms. The Labute approximate surface area is 120 Å². The van der Waals surface area contributed by atoms with Crippen LogP contribution >= 0.6 is 0 Å². The smallest absolute Gasteiger partial charge is 0.224 e. The molecule has 0 radical (unpaired) electrons. The quantitative estimate of drug-likeness (QED) is 0.864. The molecule has 2 atom stereocenters. The number of hydrogen-bond donors (Lipinski definition) is 2. The van der Waals surface area contributed by atoms with Gasteiger partial charge in [-0.2, -0.15) is 0 Å². The van der Waals surface area contributed by atoms with E-state index in [9.17, 15) is 9.90 Å². The van der Waals surface area contributed by atoms with Crippen molar-refractivity contribution < 1.29 is 14.6 Å². The summed E-state index contributed by atoms with van der Waals surface area (Å²) in [7, 11) is 1.61. The van der Waals surface area contributed by atoms with Gasteiger partial charge in [0.15, 0.2) is 0 Å². The molecule has 0 heterocycles. The fourth-order valence-electron chi connectivity index (χ4n) is 2.94. The minimum Gasteiger partial charge on any atom is -0.496 e. The van der Waals surface area contributed by atoms with Crippen molar-refractivity contribution >= 4 is 5.91 Å². The van der Waals surface area contributed by atoms with E-state index in [-0.39, 0.29) is 24.0 Å². The molecule has 0 spiro atoms. The van der Waals surface area contributed by atoms with Crippen molar-refractivity contribution in [2.24, 2.45) is 5.41 Å². The Bertz CT molecular complexity index is 475. The highest BCUT2D eigenvalue weighted by atomic mass is 16.5. The van der Waals surface area contributed by atoms with Crippen LogP contribution in [-0.2, 0) is 11.2 Å². The van der Waals surface area contributed by atoms with Gasteiger partial charge in [-0.25, -0.2) is 0 Å². The monoisotopic (exact) mass is 277 g/mol. The number of carbonyl (C=O) groups excluding carboxylic acids is 1. The summed E-state index contributed by atoms with van der Waals surface area (Å²) in [6.07, 6.45) is 3.26. The van der Waals surface area contributed by atoms with Gasteiger partial charge in [0.05, 0.1) is 20.1 Å². The molecule has 20 heavy (non-hydrogen) atoms. The summed E-state index contributed by atoms with van der Waals surface area (Å²) >= 11 is 0. The molecule has 1 fully saturated rings. The van der Waals surface area contributed by atoms with Crippen LogP contribution in [0.15, 0.2) is 24.3 Å². The highest BCUT2D eigenvalue weighted by molar-refractivity contribution is 5.79. The molecule has 0 saturated heterocycles. The minimum absolute atomic E-state index is 0.0129. The number of carbonyl (C=O) groups is 1. The zero-order chi connectivity index (χ0) is 14.6. The standard InChI is InChI=1S/C16H23NO3/c1-16(11-18)9-5-8-14(16)17-15(19)10-12-6-3-4-7-13(12)20-2/h3-4,6-7,14,18H,5,8-11H2,1-2H3,(H,17,19). The van der Waals surface area contributed by atoms with Gasteiger partial charge in [-0.15, -0.1) is 0 Å². The molecule has 0 aromatic heterocycles. The van der Waals surface area contributed by atoms with Gasteiger partial charge in [0.1, 0.15) is 5.75 Å². The van der Waals surface area contributed by atoms with E-state index in [4.69, 9.17) is 4.74 Å². The maximum absolute atomic E-state index is 12.2. The van der Waals surface area contributed by atoms with E-state index in [1.807, 2.05) is 31.2 Å². The summed E-state index contributed by atoms with van der Waals surface area (Å²) in [5.74, 6) is 0.722. The third kappa shape index (κ3) is 3.12. The van der Waals surface area contributed by atoms with Crippen LogP contribution in [0.25, 0.3) is 0 Å². The first-order valence-electron chi connectivity index (χ1n) is 7.11. The molecular formula is C16H23NO3. The van der Waals surface area contributed by atoms with E-state index in [1.165, 1.54) is 0 Å². The van der Waals surface area contributed by atoms with Crippen molar-refractivity contribution in [2.75, 3.05) is 13.7 Å². The van der Waals surface area contributed by atoms with E-state index in [1.54, 1.807) is 7.11 Å². The Kier molecular flexibility index (Phi) is 4.65. The summed E-state index contributed by atoms with van der Waals surface area (Å²) in [4.78, 5) is 12.2. The van der Waals surface area contributed by atoms with Crippen LogP contribution in [0.5, 0.6) is 5.75 Å². The predicted molar refractivity (Wildman–Crippen MR) is 77.7 cm³/mol. The third-order valence-corrected chi connectivity index (χ3v) is 4.32. The molecule has 1 amide bonds. The number of rotatable bonds is 5. The Balaban J connectivity index is 1.99. The molecule has 0 aliphatic heterocycles. The Morgan fingerprint density at radius 3 is 2.95 bits per heavy atom. The van der Waals surface area contributed by atoms with Crippen LogP contribution in [0.4, 0.5) is 0 Å². The van der Waals surface area contributed by atoms with E-state index < -0.39 is 0 Å². The van der Waals surface area contributed by atoms with Crippen LogP contribution in [0, 0.1) is 5.41 Å². The van der Waals surface area contributed by atoms with Crippen LogP contribution in [0.3, 0.4) is 0 Å². The molecular weight excluding hydrogens is 254 g/mol. The topological polar surface area (TPSA) is 58.6 Å². The van der Waals surface area contributed by atoms with E-state index >= 15 is 0 Å². The molecule has 110 valence electrons. The Morgan fingerprint density at radius 2 is 2.25 bits per heavy atom. The SMILES string of the molecule is COc1ccccc1CC(=O)NC1CCCC1(C)CO. The molecule has 0 bridgehead atoms. The second-order valence-corrected chi connectivity index (χ2v) is 5.81. The molecule has 1 aliphatic rings. The Hall–Kier alpha value is -1.55. The number of benzene rings is 1. The molecule has 1 aliphatic carbocycles. The summed E-state index contributed by atoms with van der Waals surface area (Å²) in [5, 5.41) is 12.6.